The smallest absolute Gasteiger partial charge is 0.229 e. The predicted molar refractivity (Wildman–Crippen MR) is 109 cm³/mol. The van der Waals surface area contributed by atoms with Crippen molar-refractivity contribution in [1.82, 2.24) is 14.5 Å². The first-order chi connectivity index (χ1) is 13.4. The highest BCUT2D eigenvalue weighted by Crippen LogP contribution is 2.27. The number of anilines is 2. The van der Waals surface area contributed by atoms with Crippen molar-refractivity contribution in [3.63, 3.8) is 0 Å². The quantitative estimate of drug-likeness (QED) is 0.606. The Morgan fingerprint density at radius 3 is 2.68 bits per heavy atom. The first kappa shape index (κ1) is 18.7. The molecular weight excluding hydrogens is 378 g/mol. The van der Waals surface area contributed by atoms with Crippen molar-refractivity contribution in [3.05, 3.63) is 42.7 Å². The zero-order valence-electron chi connectivity index (χ0n) is 15.5. The van der Waals surface area contributed by atoms with E-state index in [4.69, 9.17) is 0 Å². The third kappa shape index (κ3) is 4.10. The molecular formula is C19H23N5O3S. The minimum atomic E-state index is -3.36. The van der Waals surface area contributed by atoms with E-state index < -0.39 is 10.0 Å². The van der Waals surface area contributed by atoms with Gasteiger partial charge in [0.1, 0.15) is 5.82 Å². The average Bonchev–Trinajstić information content (AvgIpc) is 3.08. The highest BCUT2D eigenvalue weighted by molar-refractivity contribution is 7.92. The van der Waals surface area contributed by atoms with Crippen LogP contribution in [0.3, 0.4) is 0 Å². The Balaban J connectivity index is 1.62. The predicted octanol–water partition coefficient (Wildman–Crippen LogP) is 2.51. The van der Waals surface area contributed by atoms with Crippen LogP contribution in [0, 0.1) is 0 Å². The second-order valence-electron chi connectivity index (χ2n) is 7.19. The minimum Gasteiger partial charge on any atom is -0.393 e. The number of hydrogen-bond acceptors (Lipinski definition) is 6. The lowest BCUT2D eigenvalue weighted by Crippen LogP contribution is -2.29. The van der Waals surface area contributed by atoms with E-state index in [1.54, 1.807) is 18.3 Å². The van der Waals surface area contributed by atoms with Crippen molar-refractivity contribution >= 4 is 32.6 Å². The molecule has 0 atom stereocenters. The molecule has 28 heavy (non-hydrogen) atoms. The molecule has 1 fully saturated rings. The topological polar surface area (TPSA) is 109 Å². The Bertz CT molecular complexity index is 1090. The number of aromatic nitrogens is 3. The fraction of sp³-hybridized carbons (Fsp3) is 0.368. The van der Waals surface area contributed by atoms with Crippen molar-refractivity contribution in [1.29, 1.82) is 0 Å². The summed E-state index contributed by atoms with van der Waals surface area (Å²) in [7, 11) is -3.36. The number of sulfonamides is 1. The van der Waals surface area contributed by atoms with E-state index in [1.165, 1.54) is 0 Å². The van der Waals surface area contributed by atoms with E-state index >= 15 is 0 Å². The molecule has 2 heterocycles. The summed E-state index contributed by atoms with van der Waals surface area (Å²) in [6.45, 7) is 0. The highest BCUT2D eigenvalue weighted by atomic mass is 32.2. The van der Waals surface area contributed by atoms with Gasteiger partial charge in [-0.05, 0) is 49.9 Å². The molecule has 0 bridgehead atoms. The summed E-state index contributed by atoms with van der Waals surface area (Å²) in [5.41, 5.74) is 1.38. The van der Waals surface area contributed by atoms with Crippen molar-refractivity contribution < 1.29 is 13.5 Å². The van der Waals surface area contributed by atoms with Gasteiger partial charge in [0, 0.05) is 23.8 Å². The second-order valence-corrected chi connectivity index (χ2v) is 8.94. The zero-order chi connectivity index (χ0) is 19.7. The molecule has 0 spiro atoms. The van der Waals surface area contributed by atoms with Crippen LogP contribution in [0.5, 0.6) is 0 Å². The lowest BCUT2D eigenvalue weighted by atomic mass is 9.93. The fourth-order valence-corrected chi connectivity index (χ4v) is 4.19. The molecule has 1 aromatic carbocycles. The molecule has 0 unspecified atom stereocenters. The third-order valence-electron chi connectivity index (χ3n) is 4.95. The van der Waals surface area contributed by atoms with E-state index in [-0.39, 0.29) is 12.1 Å². The number of hydrogen-bond donors (Lipinski definition) is 3. The Morgan fingerprint density at radius 2 is 1.93 bits per heavy atom. The number of nitrogens with one attached hydrogen (secondary N) is 2. The van der Waals surface area contributed by atoms with Crippen LogP contribution in [0.25, 0.3) is 16.7 Å². The molecule has 0 radical (unpaired) electrons. The largest absolute Gasteiger partial charge is 0.393 e. The zero-order valence-corrected chi connectivity index (χ0v) is 16.4. The molecule has 1 aliphatic rings. The van der Waals surface area contributed by atoms with E-state index in [0.29, 0.717) is 17.5 Å². The molecule has 3 N–H and O–H groups in total. The van der Waals surface area contributed by atoms with Gasteiger partial charge in [-0.2, -0.15) is 4.98 Å². The summed E-state index contributed by atoms with van der Waals surface area (Å²) in [5.74, 6) is 1.24. The molecule has 4 rings (SSSR count). The van der Waals surface area contributed by atoms with Crippen molar-refractivity contribution in [2.45, 2.75) is 37.8 Å². The maximum absolute atomic E-state index is 11.6. The Morgan fingerprint density at radius 1 is 1.14 bits per heavy atom. The van der Waals surface area contributed by atoms with Crippen LogP contribution in [0.4, 0.5) is 11.6 Å². The van der Waals surface area contributed by atoms with Crippen LogP contribution < -0.4 is 10.0 Å². The molecule has 3 aromatic rings. The van der Waals surface area contributed by atoms with Gasteiger partial charge in [-0.3, -0.25) is 4.72 Å². The minimum absolute atomic E-state index is 0.203. The number of benzene rings is 1. The van der Waals surface area contributed by atoms with Gasteiger partial charge >= 0.3 is 0 Å². The second kappa shape index (κ2) is 7.40. The Labute approximate surface area is 163 Å². The third-order valence-corrected chi connectivity index (χ3v) is 5.54. The Kier molecular flexibility index (Phi) is 4.94. The van der Waals surface area contributed by atoms with Crippen LogP contribution in [0.1, 0.15) is 25.7 Å². The summed E-state index contributed by atoms with van der Waals surface area (Å²) < 4.78 is 27.7. The number of rotatable bonds is 5. The summed E-state index contributed by atoms with van der Waals surface area (Å²) in [4.78, 5) is 8.94. The van der Waals surface area contributed by atoms with Gasteiger partial charge in [-0.15, -0.1) is 0 Å². The number of aliphatic hydroxyl groups excluding tert-OH is 1. The van der Waals surface area contributed by atoms with Gasteiger partial charge in [-0.1, -0.05) is 6.07 Å². The van der Waals surface area contributed by atoms with Crippen molar-refractivity contribution in [3.8, 4) is 5.82 Å². The van der Waals surface area contributed by atoms with Gasteiger partial charge in [-0.25, -0.2) is 13.4 Å². The molecule has 148 valence electrons. The summed E-state index contributed by atoms with van der Waals surface area (Å²) >= 11 is 0. The first-order valence-electron chi connectivity index (χ1n) is 9.25. The molecule has 0 aliphatic heterocycles. The standard InChI is InChI=1S/C19H23N5O3S/c1-28(26,27)23-16-3-2-4-17-15(16)10-12-24(17)18-9-11-20-19(22-18)21-13-5-7-14(25)8-6-13/h2-4,9-14,23,25H,5-8H2,1H3,(H,20,21,22)/t13-,14-. The maximum atomic E-state index is 11.6. The van der Waals surface area contributed by atoms with Gasteiger partial charge in [0.2, 0.25) is 16.0 Å². The van der Waals surface area contributed by atoms with E-state index in [9.17, 15) is 13.5 Å². The molecule has 0 amide bonds. The van der Waals surface area contributed by atoms with Crippen molar-refractivity contribution in [2.75, 3.05) is 16.3 Å². The van der Waals surface area contributed by atoms with Crippen LogP contribution in [-0.2, 0) is 10.0 Å². The maximum Gasteiger partial charge on any atom is 0.229 e. The summed E-state index contributed by atoms with van der Waals surface area (Å²) in [6, 6.07) is 9.39. The monoisotopic (exact) mass is 401 g/mol. The van der Waals surface area contributed by atoms with Crippen LogP contribution in [-0.4, -0.2) is 46.5 Å². The average molecular weight is 401 g/mol. The van der Waals surface area contributed by atoms with E-state index in [1.807, 2.05) is 29.0 Å². The molecule has 2 aromatic heterocycles. The first-order valence-corrected chi connectivity index (χ1v) is 11.1. The number of nitrogens with zero attached hydrogens (tertiary/aromatic N) is 3. The summed E-state index contributed by atoms with van der Waals surface area (Å²) in [5, 5.41) is 13.8. The van der Waals surface area contributed by atoms with Gasteiger partial charge in [0.05, 0.1) is 23.6 Å². The molecule has 0 saturated heterocycles. The van der Waals surface area contributed by atoms with Gasteiger partial charge in [0.25, 0.3) is 0 Å². The molecule has 9 heteroatoms. The van der Waals surface area contributed by atoms with Crippen LogP contribution in [0.2, 0.25) is 0 Å². The number of fused-ring (bicyclic) bond motifs is 1. The van der Waals surface area contributed by atoms with Crippen LogP contribution >= 0.6 is 0 Å². The molecule has 1 aliphatic carbocycles. The molecule has 1 saturated carbocycles. The summed E-state index contributed by atoms with van der Waals surface area (Å²) in [6.07, 6.45) is 7.85. The van der Waals surface area contributed by atoms with E-state index in [0.717, 1.165) is 42.8 Å². The van der Waals surface area contributed by atoms with Gasteiger partial charge in [0.15, 0.2) is 0 Å². The highest BCUT2D eigenvalue weighted by Gasteiger charge is 2.20. The van der Waals surface area contributed by atoms with Crippen LogP contribution in [0.15, 0.2) is 42.7 Å². The van der Waals surface area contributed by atoms with Crippen molar-refractivity contribution in [2.24, 2.45) is 0 Å². The van der Waals surface area contributed by atoms with Gasteiger partial charge < -0.3 is 15.0 Å². The Hall–Kier alpha value is -2.65. The lowest BCUT2D eigenvalue weighted by Gasteiger charge is -2.26. The SMILES string of the molecule is CS(=O)(=O)Nc1cccc2c1ccn2-c1ccnc(N[C@H]2CC[C@H](O)CC2)n1. The fourth-order valence-electron chi connectivity index (χ4n) is 3.61. The normalized spacial score (nSPS) is 20.2. The molecule has 8 nitrogen and oxygen atoms in total. The van der Waals surface area contributed by atoms with E-state index in [2.05, 4.69) is 20.0 Å². The lowest BCUT2D eigenvalue weighted by molar-refractivity contribution is 0.126. The number of aliphatic hydroxyl groups is 1.